The van der Waals surface area contributed by atoms with Crippen LogP contribution in [0.5, 0.6) is 5.75 Å². The van der Waals surface area contributed by atoms with Crippen LogP contribution in [0.15, 0.2) is 24.3 Å². The standard InChI is InChI=1S/C12H17BrO/c1-3-10(2)9-14-12-7-5-4-6-11(12)8-13/h4-7,10H,3,8-9H2,1-2H3. The third kappa shape index (κ3) is 3.33. The molecule has 1 nitrogen and oxygen atoms in total. The minimum atomic E-state index is 0.624. The summed E-state index contributed by atoms with van der Waals surface area (Å²) in [6.07, 6.45) is 1.16. The van der Waals surface area contributed by atoms with Crippen LogP contribution in [-0.4, -0.2) is 6.61 Å². The van der Waals surface area contributed by atoms with E-state index in [1.165, 1.54) is 5.56 Å². The van der Waals surface area contributed by atoms with Gasteiger partial charge in [-0.05, 0) is 12.0 Å². The fraction of sp³-hybridized carbons (Fsp3) is 0.500. The van der Waals surface area contributed by atoms with Gasteiger partial charge in [-0.25, -0.2) is 0 Å². The van der Waals surface area contributed by atoms with Crippen molar-refractivity contribution in [3.63, 3.8) is 0 Å². The molecule has 0 heterocycles. The molecule has 0 spiro atoms. The van der Waals surface area contributed by atoms with Crippen molar-refractivity contribution in [1.82, 2.24) is 0 Å². The molecule has 1 aromatic carbocycles. The van der Waals surface area contributed by atoms with Crippen molar-refractivity contribution in [1.29, 1.82) is 0 Å². The predicted octanol–water partition coefficient (Wildman–Crippen LogP) is 4.01. The Morgan fingerprint density at radius 3 is 2.71 bits per heavy atom. The molecule has 1 rings (SSSR count). The van der Waals surface area contributed by atoms with Crippen molar-refractivity contribution >= 4 is 15.9 Å². The number of alkyl halides is 1. The van der Waals surface area contributed by atoms with Crippen LogP contribution in [0, 0.1) is 5.92 Å². The number of hydrogen-bond acceptors (Lipinski definition) is 1. The summed E-state index contributed by atoms with van der Waals surface area (Å²) in [7, 11) is 0. The second-order valence-electron chi connectivity index (χ2n) is 3.57. The monoisotopic (exact) mass is 256 g/mol. The fourth-order valence-corrected chi connectivity index (χ4v) is 1.57. The fourth-order valence-electron chi connectivity index (χ4n) is 1.10. The van der Waals surface area contributed by atoms with Gasteiger partial charge in [0.1, 0.15) is 5.75 Å². The first kappa shape index (κ1) is 11.6. The summed E-state index contributed by atoms with van der Waals surface area (Å²) < 4.78 is 5.75. The molecule has 14 heavy (non-hydrogen) atoms. The van der Waals surface area contributed by atoms with E-state index in [1.54, 1.807) is 0 Å². The van der Waals surface area contributed by atoms with E-state index < -0.39 is 0 Å². The van der Waals surface area contributed by atoms with E-state index >= 15 is 0 Å². The molecule has 0 bridgehead atoms. The number of hydrogen-bond donors (Lipinski definition) is 0. The van der Waals surface area contributed by atoms with Crippen molar-refractivity contribution in [3.05, 3.63) is 29.8 Å². The lowest BCUT2D eigenvalue weighted by atomic mass is 10.1. The smallest absolute Gasteiger partial charge is 0.123 e. The molecule has 0 radical (unpaired) electrons. The van der Waals surface area contributed by atoms with Crippen LogP contribution in [0.25, 0.3) is 0 Å². The molecule has 0 saturated heterocycles. The lowest BCUT2D eigenvalue weighted by molar-refractivity contribution is 0.255. The summed E-state index contributed by atoms with van der Waals surface area (Å²) in [5.74, 6) is 1.63. The SMILES string of the molecule is CCC(C)COc1ccccc1CBr. The molecule has 0 aliphatic carbocycles. The first-order chi connectivity index (χ1) is 6.77. The minimum Gasteiger partial charge on any atom is -0.493 e. The summed E-state index contributed by atoms with van der Waals surface area (Å²) in [4.78, 5) is 0. The van der Waals surface area contributed by atoms with Crippen LogP contribution < -0.4 is 4.74 Å². The molecule has 0 amide bonds. The van der Waals surface area contributed by atoms with Gasteiger partial charge in [0.25, 0.3) is 0 Å². The minimum absolute atomic E-state index is 0.624. The summed E-state index contributed by atoms with van der Waals surface area (Å²) in [5, 5.41) is 0.851. The number of rotatable bonds is 5. The molecule has 0 aliphatic heterocycles. The van der Waals surface area contributed by atoms with Gasteiger partial charge < -0.3 is 4.74 Å². The summed E-state index contributed by atoms with van der Waals surface area (Å²) in [5.41, 5.74) is 1.22. The van der Waals surface area contributed by atoms with Crippen LogP contribution in [0.4, 0.5) is 0 Å². The number of benzene rings is 1. The molecular weight excluding hydrogens is 240 g/mol. The van der Waals surface area contributed by atoms with Crippen molar-refractivity contribution in [3.8, 4) is 5.75 Å². The van der Waals surface area contributed by atoms with E-state index in [2.05, 4.69) is 35.8 Å². The highest BCUT2D eigenvalue weighted by atomic mass is 79.9. The maximum atomic E-state index is 5.75. The first-order valence-corrected chi connectivity index (χ1v) is 6.16. The van der Waals surface area contributed by atoms with Crippen LogP contribution in [0.1, 0.15) is 25.8 Å². The molecule has 0 aromatic heterocycles. The molecule has 1 unspecified atom stereocenters. The van der Waals surface area contributed by atoms with E-state index in [-0.39, 0.29) is 0 Å². The first-order valence-electron chi connectivity index (χ1n) is 5.04. The number of para-hydroxylation sites is 1. The molecule has 0 N–H and O–H groups in total. The van der Waals surface area contributed by atoms with Gasteiger partial charge in [-0.1, -0.05) is 54.4 Å². The van der Waals surface area contributed by atoms with E-state index in [9.17, 15) is 0 Å². The van der Waals surface area contributed by atoms with E-state index in [1.807, 2.05) is 18.2 Å². The molecule has 78 valence electrons. The largest absolute Gasteiger partial charge is 0.493 e. The van der Waals surface area contributed by atoms with Gasteiger partial charge in [0.2, 0.25) is 0 Å². The third-order valence-corrected chi connectivity index (χ3v) is 2.94. The topological polar surface area (TPSA) is 9.23 Å². The Morgan fingerprint density at radius 1 is 1.36 bits per heavy atom. The molecular formula is C12H17BrO. The lowest BCUT2D eigenvalue weighted by Crippen LogP contribution is -2.08. The maximum Gasteiger partial charge on any atom is 0.123 e. The van der Waals surface area contributed by atoms with E-state index in [0.29, 0.717) is 5.92 Å². The van der Waals surface area contributed by atoms with Crippen LogP contribution in [0.2, 0.25) is 0 Å². The second kappa shape index (κ2) is 6.07. The van der Waals surface area contributed by atoms with Crippen LogP contribution in [0.3, 0.4) is 0 Å². The molecule has 1 atom stereocenters. The van der Waals surface area contributed by atoms with Crippen molar-refractivity contribution in [2.45, 2.75) is 25.6 Å². The summed E-state index contributed by atoms with van der Waals surface area (Å²) in [6, 6.07) is 8.16. The second-order valence-corrected chi connectivity index (χ2v) is 4.13. The molecule has 1 aromatic rings. The molecule has 0 aliphatic rings. The number of halogens is 1. The van der Waals surface area contributed by atoms with Crippen molar-refractivity contribution in [2.75, 3.05) is 6.61 Å². The summed E-state index contributed by atoms with van der Waals surface area (Å²) >= 11 is 3.45. The summed E-state index contributed by atoms with van der Waals surface area (Å²) in [6.45, 7) is 5.20. The van der Waals surface area contributed by atoms with Gasteiger partial charge >= 0.3 is 0 Å². The highest BCUT2D eigenvalue weighted by molar-refractivity contribution is 9.08. The normalized spacial score (nSPS) is 12.5. The average molecular weight is 257 g/mol. The van der Waals surface area contributed by atoms with Gasteiger partial charge in [0.15, 0.2) is 0 Å². The highest BCUT2D eigenvalue weighted by Crippen LogP contribution is 2.21. The van der Waals surface area contributed by atoms with Crippen molar-refractivity contribution in [2.24, 2.45) is 5.92 Å². The van der Waals surface area contributed by atoms with Gasteiger partial charge in [0, 0.05) is 10.9 Å². The Balaban J connectivity index is 2.57. The van der Waals surface area contributed by atoms with Crippen LogP contribution >= 0.6 is 15.9 Å². The zero-order valence-corrected chi connectivity index (χ0v) is 10.4. The predicted molar refractivity (Wildman–Crippen MR) is 64.0 cm³/mol. The Hall–Kier alpha value is -0.500. The van der Waals surface area contributed by atoms with E-state index in [0.717, 1.165) is 24.1 Å². The Labute approximate surface area is 94.6 Å². The Bertz CT molecular complexity index is 273. The molecule has 2 heteroatoms. The molecule has 0 fully saturated rings. The molecule has 0 saturated carbocycles. The zero-order valence-electron chi connectivity index (χ0n) is 8.79. The van der Waals surface area contributed by atoms with Crippen molar-refractivity contribution < 1.29 is 4.74 Å². The number of ether oxygens (including phenoxy) is 1. The maximum absolute atomic E-state index is 5.75. The highest BCUT2D eigenvalue weighted by Gasteiger charge is 2.03. The Kier molecular flexibility index (Phi) is 5.02. The average Bonchev–Trinajstić information content (AvgIpc) is 2.26. The lowest BCUT2D eigenvalue weighted by Gasteiger charge is -2.13. The van der Waals surface area contributed by atoms with Gasteiger partial charge in [-0.2, -0.15) is 0 Å². The zero-order chi connectivity index (χ0) is 10.4. The van der Waals surface area contributed by atoms with Gasteiger partial charge in [-0.15, -0.1) is 0 Å². The quantitative estimate of drug-likeness (QED) is 0.724. The van der Waals surface area contributed by atoms with Gasteiger partial charge in [0.05, 0.1) is 6.61 Å². The van der Waals surface area contributed by atoms with E-state index in [4.69, 9.17) is 4.74 Å². The van der Waals surface area contributed by atoms with Crippen LogP contribution in [-0.2, 0) is 5.33 Å². The Morgan fingerprint density at radius 2 is 2.07 bits per heavy atom. The third-order valence-electron chi connectivity index (χ3n) is 2.34. The van der Waals surface area contributed by atoms with Gasteiger partial charge in [-0.3, -0.25) is 0 Å².